The molecule has 5 rings (SSSR count). The average molecular weight is 469 g/mol. The van der Waals surface area contributed by atoms with Crippen molar-refractivity contribution in [3.63, 3.8) is 0 Å². The number of ether oxygens (including phenoxy) is 2. The number of anilines is 1. The van der Waals surface area contributed by atoms with E-state index in [4.69, 9.17) is 19.0 Å². The van der Waals surface area contributed by atoms with Crippen LogP contribution in [0.2, 0.25) is 0 Å². The molecule has 2 amide bonds. The summed E-state index contributed by atoms with van der Waals surface area (Å²) in [7, 11) is 3.16. The van der Waals surface area contributed by atoms with E-state index in [0.29, 0.717) is 34.5 Å². The number of aromatic nitrogens is 2. The van der Waals surface area contributed by atoms with E-state index in [-0.39, 0.29) is 6.03 Å². The van der Waals surface area contributed by atoms with Crippen LogP contribution in [0.4, 0.5) is 10.5 Å². The monoisotopic (exact) mass is 468 g/mol. The van der Waals surface area contributed by atoms with Gasteiger partial charge in [0.25, 0.3) is 5.89 Å². The van der Waals surface area contributed by atoms with Gasteiger partial charge in [0.2, 0.25) is 5.82 Å². The lowest BCUT2D eigenvalue weighted by molar-refractivity contribution is 0.244. The molecule has 3 aromatic carbocycles. The number of para-hydroxylation sites is 1. The van der Waals surface area contributed by atoms with Crippen molar-refractivity contribution in [3.05, 3.63) is 96.0 Å². The number of amides is 2. The Balaban J connectivity index is 1.63. The normalized spacial score (nSPS) is 15.7. The standard InChI is InChI=1S/C27H24N4O4/c1-17-23(26-29-25(30-35-26)19-14-15-21(33-2)22(16-19)34-3)24(18-10-6-4-7-11-18)28-27(32)31(17)20-12-8-5-9-13-20/h4-16,24H,1-3H3,(H,28,32). The average Bonchev–Trinajstić information content (AvgIpc) is 3.39. The zero-order valence-electron chi connectivity index (χ0n) is 19.6. The number of methoxy groups -OCH3 is 2. The summed E-state index contributed by atoms with van der Waals surface area (Å²) < 4.78 is 16.5. The first-order chi connectivity index (χ1) is 17.1. The summed E-state index contributed by atoms with van der Waals surface area (Å²) in [6.45, 7) is 1.89. The predicted molar refractivity (Wildman–Crippen MR) is 132 cm³/mol. The lowest BCUT2D eigenvalue weighted by Gasteiger charge is -2.35. The van der Waals surface area contributed by atoms with Crippen molar-refractivity contribution in [1.82, 2.24) is 15.5 Å². The first-order valence-electron chi connectivity index (χ1n) is 11.1. The zero-order chi connectivity index (χ0) is 24.4. The molecular weight excluding hydrogens is 444 g/mol. The molecule has 2 heterocycles. The van der Waals surface area contributed by atoms with E-state index >= 15 is 0 Å². The lowest BCUT2D eigenvalue weighted by Crippen LogP contribution is -2.46. The van der Waals surface area contributed by atoms with Crippen LogP contribution in [0.5, 0.6) is 11.5 Å². The molecule has 1 N–H and O–H groups in total. The maximum atomic E-state index is 13.2. The first-order valence-corrected chi connectivity index (χ1v) is 11.1. The quantitative estimate of drug-likeness (QED) is 0.404. The fourth-order valence-corrected chi connectivity index (χ4v) is 4.23. The topological polar surface area (TPSA) is 89.7 Å². The number of benzene rings is 3. The molecular formula is C27H24N4O4. The largest absolute Gasteiger partial charge is 0.493 e. The van der Waals surface area contributed by atoms with Gasteiger partial charge in [-0.25, -0.2) is 4.79 Å². The van der Waals surface area contributed by atoms with Crippen LogP contribution < -0.4 is 19.7 Å². The van der Waals surface area contributed by atoms with Crippen LogP contribution in [0.15, 0.2) is 89.1 Å². The highest BCUT2D eigenvalue weighted by Gasteiger charge is 2.36. The second kappa shape index (κ2) is 9.34. The molecule has 4 aromatic rings. The number of nitrogens with one attached hydrogen (secondary N) is 1. The van der Waals surface area contributed by atoms with Gasteiger partial charge in [0.15, 0.2) is 11.5 Å². The van der Waals surface area contributed by atoms with E-state index < -0.39 is 6.04 Å². The van der Waals surface area contributed by atoms with Crippen LogP contribution in [0.1, 0.15) is 24.4 Å². The molecule has 0 aliphatic carbocycles. The molecule has 8 heteroatoms. The summed E-state index contributed by atoms with van der Waals surface area (Å²) in [5, 5.41) is 7.33. The van der Waals surface area contributed by atoms with Crippen LogP contribution in [0.3, 0.4) is 0 Å². The minimum Gasteiger partial charge on any atom is -0.493 e. The number of rotatable bonds is 6. The molecule has 0 radical (unpaired) electrons. The van der Waals surface area contributed by atoms with Crippen molar-refractivity contribution in [2.24, 2.45) is 0 Å². The highest BCUT2D eigenvalue weighted by atomic mass is 16.5. The molecule has 176 valence electrons. The van der Waals surface area contributed by atoms with Gasteiger partial charge in [-0.1, -0.05) is 53.7 Å². The molecule has 8 nitrogen and oxygen atoms in total. The van der Waals surface area contributed by atoms with Crippen molar-refractivity contribution in [2.75, 3.05) is 19.1 Å². The number of hydrogen-bond donors (Lipinski definition) is 1. The number of carbonyl (C=O) groups is 1. The van der Waals surface area contributed by atoms with Crippen molar-refractivity contribution in [1.29, 1.82) is 0 Å². The maximum Gasteiger partial charge on any atom is 0.326 e. The summed E-state index contributed by atoms with van der Waals surface area (Å²) in [4.78, 5) is 19.5. The minimum absolute atomic E-state index is 0.231. The van der Waals surface area contributed by atoms with Gasteiger partial charge in [-0.05, 0) is 42.8 Å². The number of carbonyl (C=O) groups excluding carboxylic acids is 1. The molecule has 1 aliphatic rings. The first kappa shape index (κ1) is 22.2. The molecule has 35 heavy (non-hydrogen) atoms. The fourth-order valence-electron chi connectivity index (χ4n) is 4.23. The number of allylic oxidation sites excluding steroid dienone is 1. The van der Waals surface area contributed by atoms with Crippen molar-refractivity contribution >= 4 is 17.3 Å². The molecule has 0 saturated carbocycles. The van der Waals surface area contributed by atoms with Gasteiger partial charge < -0.3 is 19.3 Å². The van der Waals surface area contributed by atoms with E-state index in [9.17, 15) is 4.79 Å². The Morgan fingerprint density at radius 2 is 1.60 bits per heavy atom. The summed E-state index contributed by atoms with van der Waals surface area (Å²) in [5.74, 6) is 1.89. The van der Waals surface area contributed by atoms with Gasteiger partial charge in [0.1, 0.15) is 0 Å². The molecule has 1 aliphatic heterocycles. The highest BCUT2D eigenvalue weighted by Crippen LogP contribution is 2.39. The van der Waals surface area contributed by atoms with Gasteiger partial charge >= 0.3 is 6.03 Å². The Hall–Kier alpha value is -4.59. The third-order valence-electron chi connectivity index (χ3n) is 5.93. The van der Waals surface area contributed by atoms with Crippen LogP contribution in [-0.4, -0.2) is 30.4 Å². The van der Waals surface area contributed by atoms with Gasteiger partial charge in [0, 0.05) is 11.3 Å². The van der Waals surface area contributed by atoms with E-state index in [0.717, 1.165) is 16.8 Å². The van der Waals surface area contributed by atoms with Gasteiger partial charge in [-0.15, -0.1) is 0 Å². The molecule has 0 saturated heterocycles. The molecule has 1 unspecified atom stereocenters. The third kappa shape index (κ3) is 4.10. The summed E-state index contributed by atoms with van der Waals surface area (Å²) in [6, 6.07) is 23.9. The van der Waals surface area contributed by atoms with Gasteiger partial charge in [0.05, 0.1) is 31.5 Å². The molecule has 1 atom stereocenters. The second-order valence-electron chi connectivity index (χ2n) is 7.96. The smallest absolute Gasteiger partial charge is 0.326 e. The number of nitrogens with zero attached hydrogens (tertiary/aromatic N) is 3. The maximum absolute atomic E-state index is 13.2. The van der Waals surface area contributed by atoms with E-state index in [2.05, 4.69) is 10.5 Å². The zero-order valence-corrected chi connectivity index (χ0v) is 19.6. The summed E-state index contributed by atoms with van der Waals surface area (Å²) in [6.07, 6.45) is 0. The fraction of sp³-hybridized carbons (Fsp3) is 0.148. The van der Waals surface area contributed by atoms with E-state index in [1.54, 1.807) is 31.3 Å². The van der Waals surface area contributed by atoms with Gasteiger partial charge in [-0.2, -0.15) is 4.98 Å². The third-order valence-corrected chi connectivity index (χ3v) is 5.93. The Bertz CT molecular complexity index is 1380. The van der Waals surface area contributed by atoms with Crippen LogP contribution in [-0.2, 0) is 0 Å². The predicted octanol–water partition coefficient (Wildman–Crippen LogP) is 5.46. The van der Waals surface area contributed by atoms with Gasteiger partial charge in [-0.3, -0.25) is 4.90 Å². The highest BCUT2D eigenvalue weighted by molar-refractivity contribution is 6.01. The second-order valence-corrected chi connectivity index (χ2v) is 7.96. The van der Waals surface area contributed by atoms with Crippen LogP contribution in [0, 0.1) is 0 Å². The Morgan fingerprint density at radius 3 is 2.29 bits per heavy atom. The number of urea groups is 1. The Kier molecular flexibility index (Phi) is 5.93. The van der Waals surface area contributed by atoms with Crippen molar-refractivity contribution in [2.45, 2.75) is 13.0 Å². The Morgan fingerprint density at radius 1 is 0.914 bits per heavy atom. The van der Waals surface area contributed by atoms with E-state index in [1.165, 1.54) is 0 Å². The summed E-state index contributed by atoms with van der Waals surface area (Å²) >= 11 is 0. The van der Waals surface area contributed by atoms with E-state index in [1.807, 2.05) is 73.7 Å². The molecule has 0 fully saturated rings. The van der Waals surface area contributed by atoms with Crippen LogP contribution >= 0.6 is 0 Å². The number of hydrogen-bond acceptors (Lipinski definition) is 6. The van der Waals surface area contributed by atoms with Crippen molar-refractivity contribution in [3.8, 4) is 22.9 Å². The molecule has 0 spiro atoms. The summed E-state index contributed by atoms with van der Waals surface area (Å²) in [5.41, 5.74) is 3.79. The minimum atomic E-state index is -0.456. The van der Waals surface area contributed by atoms with Crippen LogP contribution in [0.25, 0.3) is 17.0 Å². The molecule has 1 aromatic heterocycles. The molecule has 0 bridgehead atoms. The van der Waals surface area contributed by atoms with Crippen molar-refractivity contribution < 1.29 is 18.8 Å². The lowest BCUT2D eigenvalue weighted by atomic mass is 9.94. The Labute approximate surface area is 202 Å². The SMILES string of the molecule is COc1ccc(-c2noc(C3=C(C)N(c4ccccc4)C(=O)NC3c3ccccc3)n2)cc1OC.